The van der Waals surface area contributed by atoms with Crippen LogP contribution in [0.25, 0.3) is 0 Å². The summed E-state index contributed by atoms with van der Waals surface area (Å²) in [5.41, 5.74) is 0.744. The van der Waals surface area contributed by atoms with Crippen LogP contribution < -0.4 is 8.27 Å². The van der Waals surface area contributed by atoms with E-state index in [4.69, 9.17) is 0 Å². The maximum atomic E-state index is 11.8. The average Bonchev–Trinajstić information content (AvgIpc) is 2.25. The highest BCUT2D eigenvalue weighted by molar-refractivity contribution is 14.1. The standard InChI is InChI=1S/C9H10F3IN2O.2ClH/c1-6(15-13)8-3-2-7(4-14-8)16-5-9(10,11)12;;/h2-4,6,15H,5H2,1H3;2*1H/t6-;;/m1../s1. The summed E-state index contributed by atoms with van der Waals surface area (Å²) >= 11 is 1.98. The molecule has 0 radical (unpaired) electrons. The van der Waals surface area contributed by atoms with E-state index in [2.05, 4.69) is 13.3 Å². The molecular formula is C9H12Cl2F3IN2O. The molecule has 1 heterocycles. The van der Waals surface area contributed by atoms with Crippen molar-refractivity contribution < 1.29 is 17.9 Å². The average molecular weight is 419 g/mol. The van der Waals surface area contributed by atoms with Crippen LogP contribution in [0.3, 0.4) is 0 Å². The van der Waals surface area contributed by atoms with Crippen molar-refractivity contribution in [3.8, 4) is 5.75 Å². The van der Waals surface area contributed by atoms with Gasteiger partial charge in [-0.3, -0.25) is 8.51 Å². The Morgan fingerprint density at radius 1 is 1.39 bits per heavy atom. The van der Waals surface area contributed by atoms with Gasteiger partial charge in [-0.25, -0.2) is 0 Å². The molecule has 0 amide bonds. The Balaban J connectivity index is 0. The van der Waals surface area contributed by atoms with Crippen molar-refractivity contribution in [1.82, 2.24) is 8.51 Å². The molecule has 0 aliphatic carbocycles. The molecule has 0 saturated carbocycles. The number of hydrogen-bond donors (Lipinski definition) is 1. The van der Waals surface area contributed by atoms with E-state index in [1.54, 1.807) is 6.07 Å². The zero-order valence-electron chi connectivity index (χ0n) is 9.20. The first-order chi connectivity index (χ1) is 7.42. The molecule has 1 aromatic heterocycles. The SMILES string of the molecule is C[C@@H](NI)c1ccc(OCC(F)(F)F)cn1.Cl.Cl. The lowest BCUT2D eigenvalue weighted by atomic mass is 10.2. The van der Waals surface area contributed by atoms with E-state index < -0.39 is 12.8 Å². The van der Waals surface area contributed by atoms with Crippen LogP contribution in [0.4, 0.5) is 13.2 Å². The lowest BCUT2D eigenvalue weighted by Gasteiger charge is -2.11. The lowest BCUT2D eigenvalue weighted by Crippen LogP contribution is -2.19. The van der Waals surface area contributed by atoms with Crippen LogP contribution in [0.15, 0.2) is 18.3 Å². The molecule has 1 N–H and O–H groups in total. The van der Waals surface area contributed by atoms with Gasteiger partial charge in [0.05, 0.1) is 17.9 Å². The number of rotatable bonds is 4. The van der Waals surface area contributed by atoms with E-state index in [0.717, 1.165) is 5.69 Å². The molecule has 0 fully saturated rings. The van der Waals surface area contributed by atoms with Crippen LogP contribution >= 0.6 is 47.7 Å². The third kappa shape index (κ3) is 7.45. The van der Waals surface area contributed by atoms with Crippen molar-refractivity contribution in [2.75, 3.05) is 6.61 Å². The van der Waals surface area contributed by atoms with Gasteiger partial charge in [-0.05, 0) is 19.1 Å². The minimum Gasteiger partial charge on any atom is -0.483 e. The number of nitrogens with one attached hydrogen (secondary N) is 1. The summed E-state index contributed by atoms with van der Waals surface area (Å²) in [4.78, 5) is 3.99. The van der Waals surface area contributed by atoms with Crippen LogP contribution in [0.1, 0.15) is 18.7 Å². The minimum atomic E-state index is -4.32. The number of ether oxygens (including phenoxy) is 1. The Labute approximate surface area is 129 Å². The number of nitrogens with zero attached hydrogens (tertiary/aromatic N) is 1. The summed E-state index contributed by atoms with van der Waals surface area (Å²) in [6.07, 6.45) is -3.04. The molecule has 1 rings (SSSR count). The van der Waals surface area contributed by atoms with E-state index in [1.165, 1.54) is 12.3 Å². The second-order valence-electron chi connectivity index (χ2n) is 3.15. The fraction of sp³-hybridized carbons (Fsp3) is 0.444. The summed E-state index contributed by atoms with van der Waals surface area (Å²) < 4.78 is 43.0. The van der Waals surface area contributed by atoms with Gasteiger partial charge in [-0.2, -0.15) is 13.2 Å². The molecule has 0 aromatic carbocycles. The summed E-state index contributed by atoms with van der Waals surface area (Å²) in [7, 11) is 0. The smallest absolute Gasteiger partial charge is 0.422 e. The zero-order valence-corrected chi connectivity index (χ0v) is 13.0. The summed E-state index contributed by atoms with van der Waals surface area (Å²) in [5, 5.41) is 0. The minimum absolute atomic E-state index is 0. The first kappa shape index (κ1) is 20.3. The molecule has 18 heavy (non-hydrogen) atoms. The third-order valence-corrected chi connectivity index (χ3v) is 2.70. The highest BCUT2D eigenvalue weighted by atomic mass is 127. The largest absolute Gasteiger partial charge is 0.483 e. The van der Waals surface area contributed by atoms with Crippen molar-refractivity contribution in [1.29, 1.82) is 0 Å². The quantitative estimate of drug-likeness (QED) is 0.595. The fourth-order valence-electron chi connectivity index (χ4n) is 0.954. The molecule has 0 aliphatic rings. The third-order valence-electron chi connectivity index (χ3n) is 1.77. The summed E-state index contributed by atoms with van der Waals surface area (Å²) in [6, 6.07) is 3.14. The number of halogens is 6. The van der Waals surface area contributed by atoms with Gasteiger partial charge in [-0.1, -0.05) is 0 Å². The van der Waals surface area contributed by atoms with Gasteiger partial charge in [0.25, 0.3) is 0 Å². The van der Waals surface area contributed by atoms with E-state index in [-0.39, 0.29) is 36.6 Å². The van der Waals surface area contributed by atoms with Crippen molar-refractivity contribution in [2.24, 2.45) is 0 Å². The van der Waals surface area contributed by atoms with Crippen LogP contribution in [0.5, 0.6) is 5.75 Å². The lowest BCUT2D eigenvalue weighted by molar-refractivity contribution is -0.153. The molecule has 1 aromatic rings. The van der Waals surface area contributed by atoms with Gasteiger partial charge in [0.2, 0.25) is 0 Å². The van der Waals surface area contributed by atoms with Gasteiger partial charge in [0, 0.05) is 22.9 Å². The summed E-state index contributed by atoms with van der Waals surface area (Å²) in [5.74, 6) is 0.113. The Morgan fingerprint density at radius 3 is 2.39 bits per heavy atom. The Bertz CT molecular complexity index is 338. The van der Waals surface area contributed by atoms with Crippen molar-refractivity contribution in [3.05, 3.63) is 24.0 Å². The Hall–Kier alpha value is 0.01000. The van der Waals surface area contributed by atoms with E-state index in [0.29, 0.717) is 0 Å². The Morgan fingerprint density at radius 2 is 2.00 bits per heavy atom. The second kappa shape index (κ2) is 9.00. The first-order valence-electron chi connectivity index (χ1n) is 4.44. The van der Waals surface area contributed by atoms with Crippen LogP contribution in [-0.4, -0.2) is 17.8 Å². The second-order valence-corrected chi connectivity index (χ2v) is 3.78. The van der Waals surface area contributed by atoms with Gasteiger partial charge in [0.15, 0.2) is 6.61 Å². The number of pyridine rings is 1. The molecule has 0 aliphatic heterocycles. The molecule has 106 valence electrons. The van der Waals surface area contributed by atoms with Gasteiger partial charge in [-0.15, -0.1) is 24.8 Å². The van der Waals surface area contributed by atoms with Gasteiger partial charge in [0.1, 0.15) is 5.75 Å². The molecule has 1 atom stereocenters. The highest BCUT2D eigenvalue weighted by Gasteiger charge is 2.28. The molecule has 9 heteroatoms. The maximum absolute atomic E-state index is 11.8. The number of aromatic nitrogens is 1. The number of alkyl halides is 3. The summed E-state index contributed by atoms with van der Waals surface area (Å²) in [6.45, 7) is 0.596. The van der Waals surface area contributed by atoms with Crippen molar-refractivity contribution in [2.45, 2.75) is 19.1 Å². The van der Waals surface area contributed by atoms with E-state index in [9.17, 15) is 13.2 Å². The maximum Gasteiger partial charge on any atom is 0.422 e. The van der Waals surface area contributed by atoms with E-state index >= 15 is 0 Å². The predicted octanol–water partition coefficient (Wildman–Crippen LogP) is 3.87. The van der Waals surface area contributed by atoms with Crippen molar-refractivity contribution >= 4 is 47.7 Å². The Kier molecular flexibility index (Phi) is 10.2. The molecular weight excluding hydrogens is 407 g/mol. The topological polar surface area (TPSA) is 34.1 Å². The van der Waals surface area contributed by atoms with Crippen molar-refractivity contribution in [3.63, 3.8) is 0 Å². The molecule has 0 saturated heterocycles. The molecule has 3 nitrogen and oxygen atoms in total. The first-order valence-corrected chi connectivity index (χ1v) is 5.52. The zero-order chi connectivity index (χ0) is 12.2. The van der Waals surface area contributed by atoms with E-state index in [1.807, 2.05) is 29.8 Å². The molecule has 0 spiro atoms. The van der Waals surface area contributed by atoms with Crippen LogP contribution in [0.2, 0.25) is 0 Å². The van der Waals surface area contributed by atoms with Crippen LogP contribution in [-0.2, 0) is 0 Å². The number of hydrogen-bond acceptors (Lipinski definition) is 3. The van der Waals surface area contributed by atoms with Crippen LogP contribution in [0, 0.1) is 0 Å². The molecule has 0 bridgehead atoms. The predicted molar refractivity (Wildman–Crippen MR) is 75.9 cm³/mol. The highest BCUT2D eigenvalue weighted by Crippen LogP contribution is 2.19. The molecule has 0 unspecified atom stereocenters. The fourth-order valence-corrected chi connectivity index (χ4v) is 1.27. The van der Waals surface area contributed by atoms with Gasteiger partial charge < -0.3 is 4.74 Å². The van der Waals surface area contributed by atoms with Gasteiger partial charge >= 0.3 is 6.18 Å². The normalized spacial score (nSPS) is 12.1. The monoisotopic (exact) mass is 418 g/mol.